The van der Waals surface area contributed by atoms with Crippen LogP contribution in [0.25, 0.3) is 11.0 Å². The van der Waals surface area contributed by atoms with E-state index in [4.69, 9.17) is 5.73 Å². The van der Waals surface area contributed by atoms with E-state index in [9.17, 15) is 0 Å². The summed E-state index contributed by atoms with van der Waals surface area (Å²) in [5.41, 5.74) is 9.49. The lowest BCUT2D eigenvalue weighted by atomic mass is 10.1. The second kappa shape index (κ2) is 6.00. The Labute approximate surface area is 132 Å². The predicted molar refractivity (Wildman–Crippen MR) is 90.3 cm³/mol. The molecule has 1 unspecified atom stereocenters. The Morgan fingerprint density at radius 3 is 2.76 bits per heavy atom. The zero-order chi connectivity index (χ0) is 14.8. The number of nitrogens with zero attached hydrogens (tertiary/aromatic N) is 2. The Balaban J connectivity index is 2.04. The van der Waals surface area contributed by atoms with Gasteiger partial charge in [0, 0.05) is 28.3 Å². The van der Waals surface area contributed by atoms with Crippen molar-refractivity contribution in [3.8, 4) is 0 Å². The van der Waals surface area contributed by atoms with Gasteiger partial charge in [0.15, 0.2) is 0 Å². The summed E-state index contributed by atoms with van der Waals surface area (Å²) in [4.78, 5) is 4.54. The molecule has 0 saturated heterocycles. The van der Waals surface area contributed by atoms with Gasteiger partial charge in [-0.15, -0.1) is 0 Å². The van der Waals surface area contributed by atoms with Crippen LogP contribution in [0.3, 0.4) is 0 Å². The molecule has 0 aliphatic rings. The molecular weight excluding hydrogens is 326 g/mol. The number of benzene rings is 1. The van der Waals surface area contributed by atoms with E-state index in [1.165, 1.54) is 16.5 Å². The Morgan fingerprint density at radius 2 is 2.00 bits per heavy atom. The molecule has 1 atom stereocenters. The Morgan fingerprint density at radius 1 is 1.19 bits per heavy atom. The van der Waals surface area contributed by atoms with Gasteiger partial charge in [-0.2, -0.15) is 0 Å². The number of rotatable bonds is 4. The average Bonchev–Trinajstić information content (AvgIpc) is 2.79. The predicted octanol–water partition coefficient (Wildman–Crippen LogP) is 3.74. The van der Waals surface area contributed by atoms with Crippen LogP contribution in [-0.2, 0) is 13.0 Å². The van der Waals surface area contributed by atoms with Crippen LogP contribution in [0.2, 0.25) is 0 Å². The molecule has 0 fully saturated rings. The highest BCUT2D eigenvalue weighted by atomic mass is 79.9. The molecule has 3 aromatic rings. The van der Waals surface area contributed by atoms with Gasteiger partial charge >= 0.3 is 0 Å². The fraction of sp³-hybridized carbons (Fsp3) is 0.235. The second-order valence-electron chi connectivity index (χ2n) is 5.43. The maximum Gasteiger partial charge on any atom is 0.140 e. The summed E-state index contributed by atoms with van der Waals surface area (Å²) in [6.45, 7) is 2.83. The largest absolute Gasteiger partial charge is 0.328 e. The summed E-state index contributed by atoms with van der Waals surface area (Å²) in [5.74, 6) is 0. The molecule has 0 aliphatic carbocycles. The molecule has 0 aliphatic heterocycles. The highest BCUT2D eigenvalue weighted by Crippen LogP contribution is 2.24. The summed E-state index contributed by atoms with van der Waals surface area (Å²) < 4.78 is 3.32. The average molecular weight is 344 g/mol. The number of aromatic nitrogens is 2. The van der Waals surface area contributed by atoms with Crippen LogP contribution in [-0.4, -0.2) is 15.6 Å². The molecule has 0 amide bonds. The molecule has 4 heteroatoms. The number of hydrogen-bond acceptors (Lipinski definition) is 2. The summed E-state index contributed by atoms with van der Waals surface area (Å²) in [6, 6.07) is 12.5. The summed E-state index contributed by atoms with van der Waals surface area (Å²) >= 11 is 3.61. The third-order valence-electron chi connectivity index (χ3n) is 3.56. The van der Waals surface area contributed by atoms with Crippen LogP contribution < -0.4 is 5.73 Å². The molecular formula is C17H18BrN3. The van der Waals surface area contributed by atoms with E-state index in [1.54, 1.807) is 0 Å². The van der Waals surface area contributed by atoms with Crippen LogP contribution in [0.1, 0.15) is 18.1 Å². The van der Waals surface area contributed by atoms with E-state index in [1.807, 2.05) is 25.3 Å². The number of halogens is 1. The van der Waals surface area contributed by atoms with E-state index >= 15 is 0 Å². The van der Waals surface area contributed by atoms with Crippen LogP contribution in [0.4, 0.5) is 0 Å². The van der Waals surface area contributed by atoms with Gasteiger partial charge < -0.3 is 10.3 Å². The van der Waals surface area contributed by atoms with Crippen molar-refractivity contribution < 1.29 is 0 Å². The van der Waals surface area contributed by atoms with Crippen LogP contribution in [0.15, 0.2) is 53.3 Å². The van der Waals surface area contributed by atoms with Gasteiger partial charge in [0.1, 0.15) is 5.65 Å². The first-order chi connectivity index (χ1) is 10.1. The zero-order valence-electron chi connectivity index (χ0n) is 12.0. The Kier molecular flexibility index (Phi) is 4.08. The third kappa shape index (κ3) is 3.01. The van der Waals surface area contributed by atoms with Crippen molar-refractivity contribution >= 4 is 27.0 Å². The molecule has 0 radical (unpaired) electrons. The molecule has 0 spiro atoms. The lowest BCUT2D eigenvalue weighted by Gasteiger charge is -2.06. The Hall–Kier alpha value is -1.65. The van der Waals surface area contributed by atoms with Crippen LogP contribution >= 0.6 is 15.9 Å². The molecule has 21 heavy (non-hydrogen) atoms. The van der Waals surface area contributed by atoms with E-state index < -0.39 is 0 Å². The van der Waals surface area contributed by atoms with Crippen molar-refractivity contribution in [1.82, 2.24) is 9.55 Å². The van der Waals surface area contributed by atoms with Crippen LogP contribution in [0.5, 0.6) is 0 Å². The third-order valence-corrected chi connectivity index (χ3v) is 4.33. The number of pyridine rings is 1. The minimum absolute atomic E-state index is 0.146. The molecule has 108 valence electrons. The van der Waals surface area contributed by atoms with Gasteiger partial charge in [-0.25, -0.2) is 4.98 Å². The topological polar surface area (TPSA) is 43.8 Å². The maximum atomic E-state index is 5.96. The summed E-state index contributed by atoms with van der Waals surface area (Å²) in [6.07, 6.45) is 4.89. The van der Waals surface area contributed by atoms with Crippen molar-refractivity contribution in [1.29, 1.82) is 0 Å². The van der Waals surface area contributed by atoms with Gasteiger partial charge in [-0.05, 0) is 42.7 Å². The standard InChI is InChI=1S/C17H18BrN3/c1-12(19)9-14-11-21(17-15(14)6-4-8-20-17)10-13-5-2-3-7-16(13)18/h2-8,11-12H,9-10,19H2,1H3. The number of fused-ring (bicyclic) bond motifs is 1. The van der Waals surface area contributed by atoms with Gasteiger partial charge in [0.05, 0.1) is 6.54 Å². The van der Waals surface area contributed by atoms with Crippen LogP contribution in [0, 0.1) is 0 Å². The highest BCUT2D eigenvalue weighted by Gasteiger charge is 2.11. The monoisotopic (exact) mass is 343 g/mol. The summed E-state index contributed by atoms with van der Waals surface area (Å²) in [7, 11) is 0. The number of nitrogens with two attached hydrogens (primary N) is 1. The molecule has 2 N–H and O–H groups in total. The molecule has 2 heterocycles. The van der Waals surface area contributed by atoms with E-state index in [0.717, 1.165) is 23.1 Å². The fourth-order valence-electron chi connectivity index (χ4n) is 2.64. The molecule has 3 rings (SSSR count). The van der Waals surface area contributed by atoms with Gasteiger partial charge in [-0.1, -0.05) is 34.1 Å². The van der Waals surface area contributed by atoms with Crippen molar-refractivity contribution in [2.24, 2.45) is 5.73 Å². The minimum atomic E-state index is 0.146. The molecule has 3 nitrogen and oxygen atoms in total. The normalized spacial score (nSPS) is 12.7. The molecule has 0 saturated carbocycles. The second-order valence-corrected chi connectivity index (χ2v) is 6.28. The lowest BCUT2D eigenvalue weighted by Crippen LogP contribution is -2.17. The zero-order valence-corrected chi connectivity index (χ0v) is 13.5. The smallest absolute Gasteiger partial charge is 0.140 e. The van der Waals surface area contributed by atoms with Gasteiger partial charge in [-0.3, -0.25) is 0 Å². The van der Waals surface area contributed by atoms with Crippen molar-refractivity contribution in [3.05, 3.63) is 64.4 Å². The van der Waals surface area contributed by atoms with Crippen molar-refractivity contribution in [2.45, 2.75) is 25.9 Å². The first kappa shape index (κ1) is 14.3. The lowest BCUT2D eigenvalue weighted by molar-refractivity contribution is 0.734. The quantitative estimate of drug-likeness (QED) is 0.784. The highest BCUT2D eigenvalue weighted by molar-refractivity contribution is 9.10. The number of hydrogen-bond donors (Lipinski definition) is 1. The fourth-order valence-corrected chi connectivity index (χ4v) is 3.05. The molecule has 2 aromatic heterocycles. The van der Waals surface area contributed by atoms with E-state index in [2.05, 4.69) is 55.9 Å². The first-order valence-electron chi connectivity index (χ1n) is 7.07. The SMILES string of the molecule is CC(N)Cc1cn(Cc2ccccc2Br)c2ncccc12. The molecule has 0 bridgehead atoms. The summed E-state index contributed by atoms with van der Waals surface area (Å²) in [5, 5.41) is 1.20. The first-order valence-corrected chi connectivity index (χ1v) is 7.86. The minimum Gasteiger partial charge on any atom is -0.328 e. The van der Waals surface area contributed by atoms with Gasteiger partial charge in [0.2, 0.25) is 0 Å². The van der Waals surface area contributed by atoms with Gasteiger partial charge in [0.25, 0.3) is 0 Å². The van der Waals surface area contributed by atoms with Crippen molar-refractivity contribution in [2.75, 3.05) is 0 Å². The van der Waals surface area contributed by atoms with E-state index in [0.29, 0.717) is 0 Å². The Bertz CT molecular complexity index is 762. The van der Waals surface area contributed by atoms with Crippen molar-refractivity contribution in [3.63, 3.8) is 0 Å². The maximum absolute atomic E-state index is 5.96. The molecule has 1 aromatic carbocycles. The van der Waals surface area contributed by atoms with E-state index in [-0.39, 0.29) is 6.04 Å².